The molecule has 42 heavy (non-hydrogen) atoms. The number of hydrogen-bond donors (Lipinski definition) is 3. The van der Waals surface area contributed by atoms with Crippen LogP contribution in [0.4, 0.5) is 26.5 Å². The van der Waals surface area contributed by atoms with Gasteiger partial charge in [0.25, 0.3) is 0 Å². The van der Waals surface area contributed by atoms with E-state index in [4.69, 9.17) is 15.8 Å². The molecule has 4 N–H and O–H groups in total. The standard InChI is InChI=1S/C32H35FN8O/c1-18(2)19-8-11-22(12-9-19)41-26(17-25(39-41)32(3,4)5)37-31(42)36-24-13-10-21(16-23(24)33)27-28-29(34)35-14-15-40(28)30(38-27)20-6-7-20/h8-18,20H,6-7H2,1-5H3,(H2,34,35)(H2,36,37,42). The monoisotopic (exact) mass is 566 g/mol. The van der Waals surface area contributed by atoms with Crippen LogP contribution < -0.4 is 16.4 Å². The van der Waals surface area contributed by atoms with Crippen molar-refractivity contribution in [3.05, 3.63) is 83.8 Å². The third kappa shape index (κ3) is 5.20. The van der Waals surface area contributed by atoms with E-state index in [2.05, 4.69) is 62.4 Å². The van der Waals surface area contributed by atoms with Crippen LogP contribution in [0.15, 0.2) is 60.9 Å². The van der Waals surface area contributed by atoms with Gasteiger partial charge in [-0.2, -0.15) is 5.10 Å². The number of halogens is 1. The average Bonchev–Trinajstić information content (AvgIpc) is 3.57. The summed E-state index contributed by atoms with van der Waals surface area (Å²) in [6, 6.07) is 13.9. The van der Waals surface area contributed by atoms with Gasteiger partial charge >= 0.3 is 6.03 Å². The lowest BCUT2D eigenvalue weighted by molar-refractivity contribution is 0.262. The first-order valence-electron chi connectivity index (χ1n) is 14.2. The molecule has 1 aliphatic rings. The second kappa shape index (κ2) is 10.3. The molecule has 3 heterocycles. The molecule has 0 unspecified atom stereocenters. The summed E-state index contributed by atoms with van der Waals surface area (Å²) in [5, 5.41) is 10.3. The van der Waals surface area contributed by atoms with E-state index in [9.17, 15) is 4.79 Å². The van der Waals surface area contributed by atoms with Gasteiger partial charge in [0.1, 0.15) is 34.5 Å². The molecule has 1 fully saturated rings. The number of nitrogens with zero attached hydrogens (tertiary/aromatic N) is 5. The van der Waals surface area contributed by atoms with Gasteiger partial charge in [0.05, 0.1) is 17.1 Å². The molecule has 216 valence electrons. The number of aromatic nitrogens is 5. The minimum Gasteiger partial charge on any atom is -0.382 e. The number of nitrogen functional groups attached to an aromatic ring is 1. The van der Waals surface area contributed by atoms with Crippen LogP contribution in [0.2, 0.25) is 0 Å². The number of urea groups is 1. The molecular weight excluding hydrogens is 531 g/mol. The van der Waals surface area contributed by atoms with E-state index in [0.717, 1.165) is 30.0 Å². The van der Waals surface area contributed by atoms with Gasteiger partial charge in [-0.25, -0.2) is 23.8 Å². The van der Waals surface area contributed by atoms with Crippen LogP contribution in [0.1, 0.15) is 76.4 Å². The number of nitrogens with two attached hydrogens (primary N) is 1. The van der Waals surface area contributed by atoms with Crippen molar-refractivity contribution in [3.8, 4) is 16.9 Å². The Morgan fingerprint density at radius 2 is 1.81 bits per heavy atom. The number of hydrogen-bond acceptors (Lipinski definition) is 5. The highest BCUT2D eigenvalue weighted by Crippen LogP contribution is 2.42. The zero-order valence-corrected chi connectivity index (χ0v) is 24.4. The maximum absolute atomic E-state index is 15.4. The third-order valence-electron chi connectivity index (χ3n) is 7.57. The molecule has 0 aliphatic heterocycles. The van der Waals surface area contributed by atoms with Crippen LogP contribution in [0.5, 0.6) is 0 Å². The Morgan fingerprint density at radius 1 is 1.07 bits per heavy atom. The van der Waals surface area contributed by atoms with Crippen molar-refractivity contribution >= 4 is 28.9 Å². The Kier molecular flexibility index (Phi) is 6.71. The number of fused-ring (bicyclic) bond motifs is 1. The molecule has 0 saturated heterocycles. The SMILES string of the molecule is CC(C)c1ccc(-n2nc(C(C)(C)C)cc2NC(=O)Nc2ccc(-c3nc(C4CC4)n4ccnc(N)c34)cc2F)cc1. The zero-order chi connectivity index (χ0) is 29.8. The van der Waals surface area contributed by atoms with E-state index < -0.39 is 11.8 Å². The van der Waals surface area contributed by atoms with Gasteiger partial charge in [-0.3, -0.25) is 9.72 Å². The molecule has 0 atom stereocenters. The van der Waals surface area contributed by atoms with E-state index in [0.29, 0.717) is 40.2 Å². The summed E-state index contributed by atoms with van der Waals surface area (Å²) >= 11 is 0. The van der Waals surface area contributed by atoms with Crippen LogP contribution >= 0.6 is 0 Å². The first-order chi connectivity index (χ1) is 20.0. The minimum absolute atomic E-state index is 0.0386. The zero-order valence-electron chi connectivity index (χ0n) is 24.4. The molecule has 2 aromatic carbocycles. The van der Waals surface area contributed by atoms with Crippen LogP contribution in [-0.4, -0.2) is 30.2 Å². The number of amides is 2. The molecular formula is C32H35FN8O. The number of imidazole rings is 1. The molecule has 0 bridgehead atoms. The fourth-order valence-corrected chi connectivity index (χ4v) is 4.99. The summed E-state index contributed by atoms with van der Waals surface area (Å²) in [7, 11) is 0. The van der Waals surface area contributed by atoms with Gasteiger partial charge in [-0.05, 0) is 48.6 Å². The van der Waals surface area contributed by atoms with Gasteiger partial charge in [-0.15, -0.1) is 0 Å². The maximum atomic E-state index is 15.4. The van der Waals surface area contributed by atoms with Crippen molar-refractivity contribution in [2.75, 3.05) is 16.4 Å². The van der Waals surface area contributed by atoms with E-state index in [-0.39, 0.29) is 11.1 Å². The summed E-state index contributed by atoms with van der Waals surface area (Å²) in [5.74, 6) is 1.88. The van der Waals surface area contributed by atoms with E-state index in [1.807, 2.05) is 28.8 Å². The van der Waals surface area contributed by atoms with Crippen molar-refractivity contribution in [1.29, 1.82) is 0 Å². The molecule has 3 aromatic heterocycles. The number of carbonyl (C=O) groups is 1. The highest BCUT2D eigenvalue weighted by Gasteiger charge is 2.30. The van der Waals surface area contributed by atoms with E-state index >= 15 is 4.39 Å². The average molecular weight is 567 g/mol. The minimum atomic E-state index is -0.590. The van der Waals surface area contributed by atoms with Crippen LogP contribution in [0.3, 0.4) is 0 Å². The smallest absolute Gasteiger partial charge is 0.324 e. The molecule has 10 heteroatoms. The van der Waals surface area contributed by atoms with Crippen molar-refractivity contribution in [2.24, 2.45) is 0 Å². The van der Waals surface area contributed by atoms with Crippen molar-refractivity contribution in [2.45, 2.75) is 64.7 Å². The van der Waals surface area contributed by atoms with Gasteiger partial charge in [-0.1, -0.05) is 52.8 Å². The summed E-state index contributed by atoms with van der Waals surface area (Å²) in [6.45, 7) is 10.5. The Morgan fingerprint density at radius 3 is 2.45 bits per heavy atom. The van der Waals surface area contributed by atoms with Crippen molar-refractivity contribution < 1.29 is 9.18 Å². The predicted molar refractivity (Wildman–Crippen MR) is 164 cm³/mol. The molecule has 6 rings (SSSR count). The Labute approximate surface area is 244 Å². The van der Waals surface area contributed by atoms with E-state index in [1.54, 1.807) is 16.9 Å². The number of benzene rings is 2. The lowest BCUT2D eigenvalue weighted by Crippen LogP contribution is -2.22. The van der Waals surface area contributed by atoms with Crippen molar-refractivity contribution in [3.63, 3.8) is 0 Å². The fourth-order valence-electron chi connectivity index (χ4n) is 4.99. The first kappa shape index (κ1) is 27.4. The van der Waals surface area contributed by atoms with Crippen LogP contribution in [0, 0.1) is 5.82 Å². The molecule has 0 radical (unpaired) electrons. The fraction of sp³-hybridized carbons (Fsp3) is 0.312. The Hall–Kier alpha value is -4.73. The van der Waals surface area contributed by atoms with Gasteiger partial charge in [0, 0.05) is 35.4 Å². The highest BCUT2D eigenvalue weighted by molar-refractivity contribution is 6.00. The van der Waals surface area contributed by atoms with Gasteiger partial charge < -0.3 is 11.1 Å². The molecule has 1 saturated carbocycles. The topological polar surface area (TPSA) is 115 Å². The lowest BCUT2D eigenvalue weighted by atomic mass is 9.92. The summed E-state index contributed by atoms with van der Waals surface area (Å²) in [4.78, 5) is 22.1. The Balaban J connectivity index is 1.26. The molecule has 2 amide bonds. The van der Waals surface area contributed by atoms with Gasteiger partial charge in [0.15, 0.2) is 0 Å². The number of anilines is 3. The Bertz CT molecular complexity index is 1790. The molecule has 1 aliphatic carbocycles. The van der Waals surface area contributed by atoms with Gasteiger partial charge in [0.2, 0.25) is 0 Å². The highest BCUT2D eigenvalue weighted by atomic mass is 19.1. The largest absolute Gasteiger partial charge is 0.382 e. The first-order valence-corrected chi connectivity index (χ1v) is 14.2. The molecule has 9 nitrogen and oxygen atoms in total. The second-order valence-electron chi connectivity index (χ2n) is 12.2. The molecule has 0 spiro atoms. The number of rotatable bonds is 6. The maximum Gasteiger partial charge on any atom is 0.324 e. The number of carbonyl (C=O) groups excluding carboxylic acids is 1. The quantitative estimate of drug-likeness (QED) is 0.200. The van der Waals surface area contributed by atoms with Crippen LogP contribution in [-0.2, 0) is 5.41 Å². The number of nitrogens with one attached hydrogen (secondary N) is 2. The normalized spacial score (nSPS) is 13.6. The van der Waals surface area contributed by atoms with Crippen molar-refractivity contribution in [1.82, 2.24) is 24.1 Å². The molecule has 5 aromatic rings. The lowest BCUT2D eigenvalue weighted by Gasteiger charge is -2.14. The second-order valence-corrected chi connectivity index (χ2v) is 12.2. The predicted octanol–water partition coefficient (Wildman–Crippen LogP) is 7.25. The summed E-state index contributed by atoms with van der Waals surface area (Å²) in [5.41, 5.74) is 10.6. The summed E-state index contributed by atoms with van der Waals surface area (Å²) in [6.07, 6.45) is 5.60. The summed E-state index contributed by atoms with van der Waals surface area (Å²) < 4.78 is 19.0. The van der Waals surface area contributed by atoms with Crippen LogP contribution in [0.25, 0.3) is 22.5 Å². The van der Waals surface area contributed by atoms with E-state index in [1.165, 1.54) is 17.7 Å². The third-order valence-corrected chi connectivity index (χ3v) is 7.57.